The predicted molar refractivity (Wildman–Crippen MR) is 92.8 cm³/mol. The van der Waals surface area contributed by atoms with E-state index in [1.54, 1.807) is 0 Å². The van der Waals surface area contributed by atoms with E-state index in [9.17, 15) is 4.79 Å². The molecule has 1 aromatic rings. The summed E-state index contributed by atoms with van der Waals surface area (Å²) in [6, 6.07) is 8.07. The summed E-state index contributed by atoms with van der Waals surface area (Å²) in [6.07, 6.45) is 0.393. The Kier molecular flexibility index (Phi) is 4.87. The molecule has 2 heterocycles. The first-order valence-electron chi connectivity index (χ1n) is 8.55. The molecule has 23 heavy (non-hydrogen) atoms. The Hall–Kier alpha value is -1.59. The van der Waals surface area contributed by atoms with Gasteiger partial charge in [0.15, 0.2) is 0 Å². The van der Waals surface area contributed by atoms with Crippen LogP contribution >= 0.6 is 0 Å². The highest BCUT2D eigenvalue weighted by molar-refractivity contribution is 5.96. The molecule has 3 unspecified atom stereocenters. The average Bonchev–Trinajstić information content (AvgIpc) is 2.44. The van der Waals surface area contributed by atoms with E-state index in [0.29, 0.717) is 5.92 Å². The first-order valence-corrected chi connectivity index (χ1v) is 8.55. The lowest BCUT2D eigenvalue weighted by Gasteiger charge is -2.38. The number of carbonyl (C=O) groups is 1. The fraction of sp³-hybridized carbons (Fsp3) is 0.611. The van der Waals surface area contributed by atoms with E-state index in [1.165, 1.54) is 0 Å². The lowest BCUT2D eigenvalue weighted by molar-refractivity contribution is -0.121. The van der Waals surface area contributed by atoms with Gasteiger partial charge in [-0.05, 0) is 45.0 Å². The maximum atomic E-state index is 12.5. The van der Waals surface area contributed by atoms with Crippen molar-refractivity contribution in [2.75, 3.05) is 36.4 Å². The maximum Gasteiger partial charge on any atom is 0.227 e. The number of ether oxygens (including phenoxy) is 1. The van der Waals surface area contributed by atoms with Crippen LogP contribution in [0.25, 0.3) is 0 Å². The van der Waals surface area contributed by atoms with Crippen molar-refractivity contribution in [2.45, 2.75) is 33.0 Å². The van der Waals surface area contributed by atoms with Crippen molar-refractivity contribution in [3.05, 3.63) is 24.3 Å². The molecule has 5 heteroatoms. The molecule has 0 radical (unpaired) electrons. The van der Waals surface area contributed by atoms with Crippen LogP contribution in [0.2, 0.25) is 0 Å². The quantitative estimate of drug-likeness (QED) is 0.893. The van der Waals surface area contributed by atoms with Gasteiger partial charge in [0.05, 0.1) is 23.6 Å². The zero-order valence-corrected chi connectivity index (χ0v) is 14.2. The lowest BCUT2D eigenvalue weighted by Crippen LogP contribution is -2.48. The zero-order valence-electron chi connectivity index (χ0n) is 14.2. The maximum absolute atomic E-state index is 12.5. The number of nitrogens with one attached hydrogen (secondary N) is 2. The molecule has 5 nitrogen and oxygen atoms in total. The Balaban J connectivity index is 1.73. The van der Waals surface area contributed by atoms with Gasteiger partial charge in [0.2, 0.25) is 5.91 Å². The minimum absolute atomic E-state index is 0.0341. The van der Waals surface area contributed by atoms with Crippen LogP contribution in [0.5, 0.6) is 0 Å². The van der Waals surface area contributed by atoms with Crippen molar-refractivity contribution >= 4 is 17.3 Å². The predicted octanol–water partition coefficient (Wildman–Crippen LogP) is 2.09. The van der Waals surface area contributed by atoms with Gasteiger partial charge in [0.1, 0.15) is 0 Å². The second-order valence-corrected chi connectivity index (χ2v) is 6.88. The Morgan fingerprint density at radius 2 is 1.91 bits per heavy atom. The van der Waals surface area contributed by atoms with Gasteiger partial charge in [-0.2, -0.15) is 0 Å². The van der Waals surface area contributed by atoms with Gasteiger partial charge in [0.25, 0.3) is 0 Å². The molecule has 2 N–H and O–H groups in total. The minimum atomic E-state index is 0.0341. The van der Waals surface area contributed by atoms with Crippen molar-refractivity contribution in [2.24, 2.45) is 11.8 Å². The summed E-state index contributed by atoms with van der Waals surface area (Å²) in [5, 5.41) is 6.37. The van der Waals surface area contributed by atoms with E-state index >= 15 is 0 Å². The molecule has 2 saturated heterocycles. The topological polar surface area (TPSA) is 53.6 Å². The summed E-state index contributed by atoms with van der Waals surface area (Å²) in [7, 11) is 0. The molecule has 2 aliphatic rings. The molecule has 2 aliphatic heterocycles. The second-order valence-electron chi connectivity index (χ2n) is 6.88. The highest BCUT2D eigenvalue weighted by Crippen LogP contribution is 2.29. The fourth-order valence-electron chi connectivity index (χ4n) is 3.35. The number of benzene rings is 1. The summed E-state index contributed by atoms with van der Waals surface area (Å²) in [5.74, 6) is 0.593. The zero-order chi connectivity index (χ0) is 16.4. The lowest BCUT2D eigenvalue weighted by atomic mass is 9.88. The number of hydrogen-bond donors (Lipinski definition) is 2. The first-order chi connectivity index (χ1) is 11.0. The summed E-state index contributed by atoms with van der Waals surface area (Å²) in [5.41, 5.74) is 1.99. The van der Waals surface area contributed by atoms with E-state index in [-0.39, 0.29) is 24.0 Å². The molecule has 0 saturated carbocycles. The molecule has 0 bridgehead atoms. The molecule has 0 aliphatic carbocycles. The summed E-state index contributed by atoms with van der Waals surface area (Å²) < 4.78 is 5.81. The van der Waals surface area contributed by atoms with Gasteiger partial charge in [-0.1, -0.05) is 19.1 Å². The molecule has 1 amide bonds. The van der Waals surface area contributed by atoms with Crippen LogP contribution in [0, 0.1) is 11.8 Å². The standard InChI is InChI=1S/C18H27N3O2/c1-12-10-21(11-13(2)23-12)17-7-5-4-6-16(17)20-18(22)14(3)15-8-19-9-15/h4-7,12-15,19H,8-11H2,1-3H3,(H,20,22). The fourth-order valence-corrected chi connectivity index (χ4v) is 3.35. The van der Waals surface area contributed by atoms with Crippen molar-refractivity contribution in [3.63, 3.8) is 0 Å². The van der Waals surface area contributed by atoms with Crippen LogP contribution in [-0.2, 0) is 9.53 Å². The number of hydrogen-bond acceptors (Lipinski definition) is 4. The SMILES string of the molecule is CC1CN(c2ccccc2NC(=O)C(C)C2CNC2)CC(C)O1. The third-order valence-corrected chi connectivity index (χ3v) is 4.86. The van der Waals surface area contributed by atoms with Gasteiger partial charge in [-0.25, -0.2) is 0 Å². The summed E-state index contributed by atoms with van der Waals surface area (Å²) >= 11 is 0. The van der Waals surface area contributed by atoms with E-state index in [4.69, 9.17) is 4.74 Å². The molecule has 1 aromatic carbocycles. The molecular weight excluding hydrogens is 290 g/mol. The monoisotopic (exact) mass is 317 g/mol. The molecular formula is C18H27N3O2. The normalized spacial score (nSPS) is 26.5. The van der Waals surface area contributed by atoms with Crippen molar-refractivity contribution in [3.8, 4) is 0 Å². The Bertz CT molecular complexity index is 549. The number of carbonyl (C=O) groups excluding carboxylic acids is 1. The highest BCUT2D eigenvalue weighted by Gasteiger charge is 2.30. The van der Waals surface area contributed by atoms with Crippen molar-refractivity contribution in [1.82, 2.24) is 5.32 Å². The van der Waals surface area contributed by atoms with Gasteiger partial charge < -0.3 is 20.3 Å². The Morgan fingerprint density at radius 3 is 2.52 bits per heavy atom. The summed E-state index contributed by atoms with van der Waals surface area (Å²) in [6.45, 7) is 9.77. The number of anilines is 2. The van der Waals surface area contributed by atoms with Gasteiger partial charge in [0, 0.05) is 19.0 Å². The van der Waals surface area contributed by atoms with Gasteiger partial charge >= 0.3 is 0 Å². The third-order valence-electron chi connectivity index (χ3n) is 4.86. The summed E-state index contributed by atoms with van der Waals surface area (Å²) in [4.78, 5) is 14.8. The molecule has 3 rings (SSSR count). The minimum Gasteiger partial charge on any atom is -0.372 e. The molecule has 126 valence electrons. The van der Waals surface area contributed by atoms with Crippen LogP contribution in [-0.4, -0.2) is 44.3 Å². The third kappa shape index (κ3) is 3.67. The highest BCUT2D eigenvalue weighted by atomic mass is 16.5. The molecule has 0 spiro atoms. The van der Waals surface area contributed by atoms with Gasteiger partial charge in [-0.3, -0.25) is 4.79 Å². The smallest absolute Gasteiger partial charge is 0.227 e. The first kappa shape index (κ1) is 16.3. The molecule has 2 fully saturated rings. The van der Waals surface area contributed by atoms with Crippen molar-refractivity contribution in [1.29, 1.82) is 0 Å². The van der Waals surface area contributed by atoms with Crippen LogP contribution in [0.15, 0.2) is 24.3 Å². The number of nitrogens with zero attached hydrogens (tertiary/aromatic N) is 1. The van der Waals surface area contributed by atoms with Crippen LogP contribution in [0.1, 0.15) is 20.8 Å². The Labute approximate surface area is 138 Å². The number of amides is 1. The largest absolute Gasteiger partial charge is 0.372 e. The van der Waals surface area contributed by atoms with E-state index in [1.807, 2.05) is 25.1 Å². The van der Waals surface area contributed by atoms with Gasteiger partial charge in [-0.15, -0.1) is 0 Å². The van der Waals surface area contributed by atoms with Crippen LogP contribution in [0.3, 0.4) is 0 Å². The number of morpholine rings is 1. The van der Waals surface area contributed by atoms with Crippen molar-refractivity contribution < 1.29 is 9.53 Å². The van der Waals surface area contributed by atoms with Crippen LogP contribution in [0.4, 0.5) is 11.4 Å². The number of para-hydroxylation sites is 2. The average molecular weight is 317 g/mol. The van der Waals surface area contributed by atoms with E-state index in [0.717, 1.165) is 37.6 Å². The Morgan fingerprint density at radius 1 is 1.26 bits per heavy atom. The second kappa shape index (κ2) is 6.89. The molecule has 3 atom stereocenters. The molecule has 0 aromatic heterocycles. The van der Waals surface area contributed by atoms with Crippen LogP contribution < -0.4 is 15.5 Å². The number of rotatable bonds is 4. The van der Waals surface area contributed by atoms with E-state index < -0.39 is 0 Å². The van der Waals surface area contributed by atoms with E-state index in [2.05, 4.69) is 35.4 Å².